The van der Waals surface area contributed by atoms with Gasteiger partial charge in [-0.2, -0.15) is 0 Å². The first kappa shape index (κ1) is 14.1. The third kappa shape index (κ3) is 2.78. The molecule has 2 N–H and O–H groups in total. The molecule has 0 radical (unpaired) electrons. The Morgan fingerprint density at radius 2 is 1.80 bits per heavy atom. The van der Waals surface area contributed by atoms with Gasteiger partial charge < -0.3 is 5.73 Å². The zero-order chi connectivity index (χ0) is 14.1. The van der Waals surface area contributed by atoms with Gasteiger partial charge in [0.25, 0.3) is 0 Å². The largest absolute Gasteiger partial charge is 0.320 e. The van der Waals surface area contributed by atoms with Crippen molar-refractivity contribution in [3.63, 3.8) is 0 Å². The zero-order valence-corrected chi connectivity index (χ0v) is 13.5. The summed E-state index contributed by atoms with van der Waals surface area (Å²) in [7, 11) is 0. The van der Waals surface area contributed by atoms with E-state index in [1.165, 1.54) is 24.8 Å². The Morgan fingerprint density at radius 3 is 2.40 bits per heavy atom. The number of benzene rings is 2. The molecule has 1 unspecified atom stereocenters. The fourth-order valence-corrected chi connectivity index (χ4v) is 3.26. The molecule has 104 valence electrons. The molecule has 0 aliphatic heterocycles. The minimum absolute atomic E-state index is 0.185. The lowest BCUT2D eigenvalue weighted by Gasteiger charge is -2.26. The van der Waals surface area contributed by atoms with Gasteiger partial charge in [-0.15, -0.1) is 0 Å². The van der Waals surface area contributed by atoms with E-state index in [0.29, 0.717) is 5.02 Å². The third-order valence-electron chi connectivity index (χ3n) is 4.17. The highest BCUT2D eigenvalue weighted by molar-refractivity contribution is 9.10. The lowest BCUT2D eigenvalue weighted by molar-refractivity contribution is 0.419. The van der Waals surface area contributed by atoms with Gasteiger partial charge >= 0.3 is 0 Å². The molecule has 0 spiro atoms. The Labute approximate surface area is 133 Å². The first-order valence-electron chi connectivity index (χ1n) is 6.95. The molecule has 1 fully saturated rings. The molecule has 1 aliphatic rings. The Kier molecular flexibility index (Phi) is 4.16. The van der Waals surface area contributed by atoms with Gasteiger partial charge in [-0.05, 0) is 53.6 Å². The second-order valence-corrected chi connectivity index (χ2v) is 6.76. The van der Waals surface area contributed by atoms with Crippen LogP contribution in [0.2, 0.25) is 5.02 Å². The van der Waals surface area contributed by atoms with Gasteiger partial charge in [0.15, 0.2) is 0 Å². The molecule has 0 saturated heterocycles. The fourth-order valence-electron chi connectivity index (χ4n) is 2.65. The van der Waals surface area contributed by atoms with Crippen molar-refractivity contribution in [2.75, 3.05) is 0 Å². The molecule has 20 heavy (non-hydrogen) atoms. The standard InChI is InChI=1S/C17H17BrClN/c18-14-8-9-16(19)15(10-14)17(20)13-6-4-12(5-7-13)11-2-1-3-11/h4-11,17H,1-3,20H2. The maximum atomic E-state index is 6.35. The smallest absolute Gasteiger partial charge is 0.0566 e. The van der Waals surface area contributed by atoms with Crippen LogP contribution in [0.4, 0.5) is 0 Å². The minimum atomic E-state index is -0.185. The summed E-state index contributed by atoms with van der Waals surface area (Å²) in [6.45, 7) is 0. The highest BCUT2D eigenvalue weighted by Gasteiger charge is 2.20. The summed E-state index contributed by atoms with van der Waals surface area (Å²) in [5.41, 5.74) is 9.85. The predicted octanol–water partition coefficient (Wildman–Crippen LogP) is 5.42. The van der Waals surface area contributed by atoms with Gasteiger partial charge in [0, 0.05) is 9.50 Å². The van der Waals surface area contributed by atoms with Gasteiger partial charge in [0.2, 0.25) is 0 Å². The van der Waals surface area contributed by atoms with Crippen molar-refractivity contribution in [1.82, 2.24) is 0 Å². The van der Waals surface area contributed by atoms with Crippen LogP contribution in [0.5, 0.6) is 0 Å². The van der Waals surface area contributed by atoms with Gasteiger partial charge in [0.05, 0.1) is 6.04 Å². The lowest BCUT2D eigenvalue weighted by Crippen LogP contribution is -2.13. The first-order valence-corrected chi connectivity index (χ1v) is 8.12. The second-order valence-electron chi connectivity index (χ2n) is 5.44. The minimum Gasteiger partial charge on any atom is -0.320 e. The SMILES string of the molecule is NC(c1ccc(C2CCC2)cc1)c1cc(Br)ccc1Cl. The molecule has 1 nitrogen and oxygen atoms in total. The van der Waals surface area contributed by atoms with E-state index in [4.69, 9.17) is 17.3 Å². The number of halogens is 2. The van der Waals surface area contributed by atoms with Crippen LogP contribution < -0.4 is 5.73 Å². The van der Waals surface area contributed by atoms with Gasteiger partial charge in [-0.1, -0.05) is 58.2 Å². The van der Waals surface area contributed by atoms with E-state index >= 15 is 0 Å². The second kappa shape index (κ2) is 5.88. The van der Waals surface area contributed by atoms with Crippen molar-refractivity contribution >= 4 is 27.5 Å². The van der Waals surface area contributed by atoms with E-state index in [2.05, 4.69) is 40.2 Å². The fraction of sp³-hybridized carbons (Fsp3) is 0.294. The molecule has 0 bridgehead atoms. The molecule has 3 rings (SSSR count). The lowest BCUT2D eigenvalue weighted by atomic mass is 9.79. The van der Waals surface area contributed by atoms with Crippen molar-refractivity contribution in [3.8, 4) is 0 Å². The topological polar surface area (TPSA) is 26.0 Å². The molecular weight excluding hydrogens is 334 g/mol. The highest BCUT2D eigenvalue weighted by atomic mass is 79.9. The van der Waals surface area contributed by atoms with E-state index in [0.717, 1.165) is 21.5 Å². The van der Waals surface area contributed by atoms with Crippen molar-refractivity contribution in [2.24, 2.45) is 5.73 Å². The van der Waals surface area contributed by atoms with Crippen LogP contribution in [0.1, 0.15) is 47.9 Å². The van der Waals surface area contributed by atoms with Crippen molar-refractivity contribution in [3.05, 3.63) is 68.7 Å². The molecule has 1 saturated carbocycles. The van der Waals surface area contributed by atoms with Gasteiger partial charge in [-0.25, -0.2) is 0 Å². The van der Waals surface area contributed by atoms with Crippen LogP contribution in [0.15, 0.2) is 46.9 Å². The van der Waals surface area contributed by atoms with E-state index < -0.39 is 0 Å². The number of hydrogen-bond donors (Lipinski definition) is 1. The van der Waals surface area contributed by atoms with Crippen molar-refractivity contribution in [1.29, 1.82) is 0 Å². The van der Waals surface area contributed by atoms with Crippen molar-refractivity contribution < 1.29 is 0 Å². The zero-order valence-electron chi connectivity index (χ0n) is 11.2. The molecule has 1 atom stereocenters. The van der Waals surface area contributed by atoms with Crippen LogP contribution >= 0.6 is 27.5 Å². The Hall–Kier alpha value is -0.830. The molecule has 2 aromatic carbocycles. The van der Waals surface area contributed by atoms with Crippen molar-refractivity contribution in [2.45, 2.75) is 31.2 Å². The molecule has 0 amide bonds. The van der Waals surface area contributed by atoms with Crippen LogP contribution in [-0.2, 0) is 0 Å². The summed E-state index contributed by atoms with van der Waals surface area (Å²) >= 11 is 9.72. The molecule has 3 heteroatoms. The van der Waals surface area contributed by atoms with E-state index in [9.17, 15) is 0 Å². The molecule has 0 aromatic heterocycles. The summed E-state index contributed by atoms with van der Waals surface area (Å²) in [6.07, 6.45) is 4.01. The van der Waals surface area contributed by atoms with Gasteiger partial charge in [-0.3, -0.25) is 0 Å². The monoisotopic (exact) mass is 349 g/mol. The van der Waals surface area contributed by atoms with E-state index in [1.54, 1.807) is 0 Å². The Bertz CT molecular complexity index is 605. The maximum absolute atomic E-state index is 6.35. The quantitative estimate of drug-likeness (QED) is 0.786. The molecular formula is C17H17BrClN. The van der Waals surface area contributed by atoms with Crippen LogP contribution in [0.25, 0.3) is 0 Å². The maximum Gasteiger partial charge on any atom is 0.0566 e. The average molecular weight is 351 g/mol. The number of rotatable bonds is 3. The summed E-state index contributed by atoms with van der Waals surface area (Å²) in [4.78, 5) is 0. The van der Waals surface area contributed by atoms with Crippen LogP contribution in [-0.4, -0.2) is 0 Å². The normalized spacial score (nSPS) is 16.8. The average Bonchev–Trinajstić information content (AvgIpc) is 2.40. The molecule has 0 heterocycles. The highest BCUT2D eigenvalue weighted by Crippen LogP contribution is 2.37. The predicted molar refractivity (Wildman–Crippen MR) is 88.2 cm³/mol. The third-order valence-corrected chi connectivity index (χ3v) is 5.00. The number of nitrogens with two attached hydrogens (primary N) is 1. The molecule has 1 aliphatic carbocycles. The Morgan fingerprint density at radius 1 is 1.10 bits per heavy atom. The summed E-state index contributed by atoms with van der Waals surface area (Å²) < 4.78 is 0.999. The van der Waals surface area contributed by atoms with Gasteiger partial charge in [0.1, 0.15) is 0 Å². The molecule has 2 aromatic rings. The number of hydrogen-bond acceptors (Lipinski definition) is 1. The van der Waals surface area contributed by atoms with Crippen LogP contribution in [0.3, 0.4) is 0 Å². The van der Waals surface area contributed by atoms with E-state index in [1.807, 2.05) is 18.2 Å². The Balaban J connectivity index is 1.85. The first-order chi connectivity index (χ1) is 9.65. The summed E-state index contributed by atoms with van der Waals surface area (Å²) in [6, 6.07) is 14.3. The summed E-state index contributed by atoms with van der Waals surface area (Å²) in [5, 5.41) is 0.712. The summed E-state index contributed by atoms with van der Waals surface area (Å²) in [5.74, 6) is 0.759. The van der Waals surface area contributed by atoms with E-state index in [-0.39, 0.29) is 6.04 Å². The van der Waals surface area contributed by atoms with Crippen LogP contribution in [0, 0.1) is 0 Å².